The molecule has 0 aliphatic rings. The minimum atomic E-state index is -0.500. The number of nitrogens with one attached hydrogen (secondary N) is 1. The monoisotopic (exact) mass is 287 g/mol. The van der Waals surface area contributed by atoms with E-state index in [0.29, 0.717) is 15.7 Å². The molecule has 1 aromatic carbocycles. The Morgan fingerprint density at radius 3 is 2.75 bits per heavy atom. The molecule has 1 amide bonds. The number of carbonyl (C=O) groups is 1. The van der Waals surface area contributed by atoms with Gasteiger partial charge in [-0.2, -0.15) is 0 Å². The summed E-state index contributed by atoms with van der Waals surface area (Å²) in [6, 6.07) is 2.87. The lowest BCUT2D eigenvalue weighted by molar-refractivity contribution is -0.385. The summed E-state index contributed by atoms with van der Waals surface area (Å²) in [4.78, 5) is 21.3. The number of rotatable bonds is 3. The van der Waals surface area contributed by atoms with Gasteiger partial charge in [0, 0.05) is 16.1 Å². The molecule has 0 radical (unpaired) electrons. The van der Waals surface area contributed by atoms with E-state index in [0.717, 1.165) is 0 Å². The van der Waals surface area contributed by atoms with Crippen LogP contribution < -0.4 is 11.1 Å². The number of carbonyl (C=O) groups excluding carboxylic acids is 1. The zero-order valence-corrected chi connectivity index (χ0v) is 10.1. The fourth-order valence-electron chi connectivity index (χ4n) is 1.15. The Kier molecular flexibility index (Phi) is 3.97. The minimum absolute atomic E-state index is 0.0458. The summed E-state index contributed by atoms with van der Waals surface area (Å²) < 4.78 is 0.581. The van der Waals surface area contributed by atoms with Crippen LogP contribution in [0.15, 0.2) is 16.6 Å². The predicted molar refractivity (Wildman–Crippen MR) is 63.2 cm³/mol. The van der Waals surface area contributed by atoms with Crippen LogP contribution in [-0.2, 0) is 4.79 Å². The van der Waals surface area contributed by atoms with Crippen LogP contribution in [0.3, 0.4) is 0 Å². The number of hydrogen-bond donors (Lipinski definition) is 2. The molecule has 0 bridgehead atoms. The normalized spacial score (nSPS) is 9.94. The lowest BCUT2D eigenvalue weighted by atomic mass is 10.2. The number of nitro groups is 1. The van der Waals surface area contributed by atoms with E-state index in [-0.39, 0.29) is 12.2 Å². The second kappa shape index (κ2) is 5.04. The smallest absolute Gasteiger partial charge is 0.274 e. The third kappa shape index (κ3) is 2.77. The minimum Gasteiger partial charge on any atom is -0.324 e. The highest BCUT2D eigenvalue weighted by molar-refractivity contribution is 9.10. The molecule has 6 nitrogen and oxygen atoms in total. The van der Waals surface area contributed by atoms with Crippen LogP contribution in [0.2, 0.25) is 0 Å². The number of hydrogen-bond acceptors (Lipinski definition) is 4. The van der Waals surface area contributed by atoms with E-state index in [9.17, 15) is 14.9 Å². The molecule has 16 heavy (non-hydrogen) atoms. The van der Waals surface area contributed by atoms with Crippen LogP contribution in [0.25, 0.3) is 0 Å². The van der Waals surface area contributed by atoms with E-state index in [4.69, 9.17) is 5.73 Å². The Morgan fingerprint density at radius 2 is 2.25 bits per heavy atom. The van der Waals surface area contributed by atoms with E-state index >= 15 is 0 Å². The first-order valence-corrected chi connectivity index (χ1v) is 5.19. The number of benzene rings is 1. The summed E-state index contributed by atoms with van der Waals surface area (Å²) in [7, 11) is 0. The topological polar surface area (TPSA) is 98.3 Å². The van der Waals surface area contributed by atoms with Crippen LogP contribution in [-0.4, -0.2) is 17.4 Å². The third-order valence-corrected chi connectivity index (χ3v) is 2.60. The van der Waals surface area contributed by atoms with Gasteiger partial charge in [0.05, 0.1) is 17.2 Å². The van der Waals surface area contributed by atoms with Crippen molar-refractivity contribution >= 4 is 33.2 Å². The molecule has 0 aliphatic heterocycles. The van der Waals surface area contributed by atoms with Gasteiger partial charge < -0.3 is 11.1 Å². The van der Waals surface area contributed by atoms with Gasteiger partial charge in [-0.15, -0.1) is 0 Å². The molecule has 0 spiro atoms. The van der Waals surface area contributed by atoms with Crippen LogP contribution >= 0.6 is 15.9 Å². The summed E-state index contributed by atoms with van der Waals surface area (Å²) in [6.45, 7) is 1.45. The van der Waals surface area contributed by atoms with E-state index in [1.807, 2.05) is 0 Å². The molecular weight excluding hydrogens is 278 g/mol. The van der Waals surface area contributed by atoms with E-state index in [1.165, 1.54) is 6.07 Å². The molecule has 0 saturated carbocycles. The van der Waals surface area contributed by atoms with Crippen molar-refractivity contribution in [1.82, 2.24) is 0 Å². The maximum Gasteiger partial charge on any atom is 0.274 e. The van der Waals surface area contributed by atoms with Crippen molar-refractivity contribution in [2.75, 3.05) is 11.9 Å². The van der Waals surface area contributed by atoms with Gasteiger partial charge >= 0.3 is 0 Å². The molecule has 0 saturated heterocycles. The highest BCUT2D eigenvalue weighted by Crippen LogP contribution is 2.30. The molecule has 0 aliphatic carbocycles. The Bertz CT molecular complexity index is 448. The average molecular weight is 288 g/mol. The largest absolute Gasteiger partial charge is 0.324 e. The first kappa shape index (κ1) is 12.6. The number of nitrogens with zero attached hydrogens (tertiary/aromatic N) is 1. The van der Waals surface area contributed by atoms with E-state index < -0.39 is 10.8 Å². The first-order valence-electron chi connectivity index (χ1n) is 4.40. The summed E-state index contributed by atoms with van der Waals surface area (Å²) in [6.07, 6.45) is 0. The highest BCUT2D eigenvalue weighted by atomic mass is 79.9. The van der Waals surface area contributed by atoms with Crippen LogP contribution in [0, 0.1) is 17.0 Å². The van der Waals surface area contributed by atoms with Crippen molar-refractivity contribution in [3.8, 4) is 0 Å². The maximum absolute atomic E-state index is 11.1. The molecule has 0 unspecified atom stereocenters. The van der Waals surface area contributed by atoms with E-state index in [2.05, 4.69) is 21.2 Å². The number of halogens is 1. The van der Waals surface area contributed by atoms with Crippen LogP contribution in [0.5, 0.6) is 0 Å². The molecule has 86 valence electrons. The second-order valence-electron chi connectivity index (χ2n) is 3.13. The fraction of sp³-hybridized carbons (Fsp3) is 0.222. The quantitative estimate of drug-likeness (QED) is 0.651. The van der Waals surface area contributed by atoms with Gasteiger partial charge in [-0.1, -0.05) is 0 Å². The van der Waals surface area contributed by atoms with Gasteiger partial charge in [0.2, 0.25) is 5.91 Å². The Balaban J connectivity index is 3.14. The first-order chi connectivity index (χ1) is 7.45. The number of anilines is 1. The van der Waals surface area contributed by atoms with Crippen molar-refractivity contribution in [2.45, 2.75) is 6.92 Å². The molecule has 1 rings (SSSR count). The number of nitrogens with two attached hydrogens (primary N) is 1. The highest BCUT2D eigenvalue weighted by Gasteiger charge is 2.15. The van der Waals surface area contributed by atoms with Gasteiger partial charge in [-0.3, -0.25) is 14.9 Å². The fourth-order valence-corrected chi connectivity index (χ4v) is 1.71. The molecule has 0 fully saturated rings. The van der Waals surface area contributed by atoms with Crippen molar-refractivity contribution in [3.63, 3.8) is 0 Å². The zero-order chi connectivity index (χ0) is 12.3. The molecular formula is C9H10BrN3O3. The Hall–Kier alpha value is -1.47. The zero-order valence-electron chi connectivity index (χ0n) is 8.49. The Labute approximate surface area is 100 Å². The SMILES string of the molecule is Cc1cc(Br)c(NC(=O)CN)cc1[N+](=O)[O-]. The number of nitro benzene ring substituents is 1. The van der Waals surface area contributed by atoms with Gasteiger partial charge in [0.25, 0.3) is 5.69 Å². The molecule has 0 aromatic heterocycles. The molecule has 0 heterocycles. The predicted octanol–water partition coefficient (Wildman–Crippen LogP) is 1.56. The maximum atomic E-state index is 11.1. The van der Waals surface area contributed by atoms with Crippen molar-refractivity contribution in [1.29, 1.82) is 0 Å². The molecule has 3 N–H and O–H groups in total. The van der Waals surface area contributed by atoms with Gasteiger partial charge in [-0.05, 0) is 28.9 Å². The summed E-state index contributed by atoms with van der Waals surface area (Å²) in [5.41, 5.74) is 5.95. The molecule has 0 atom stereocenters. The molecule has 7 heteroatoms. The average Bonchev–Trinajstić information content (AvgIpc) is 2.21. The number of amides is 1. The summed E-state index contributed by atoms with van der Waals surface area (Å²) >= 11 is 3.21. The lowest BCUT2D eigenvalue weighted by Crippen LogP contribution is -2.22. The van der Waals surface area contributed by atoms with Gasteiger partial charge in [-0.25, -0.2) is 0 Å². The molecule has 1 aromatic rings. The van der Waals surface area contributed by atoms with Crippen molar-refractivity contribution in [2.24, 2.45) is 5.73 Å². The lowest BCUT2D eigenvalue weighted by Gasteiger charge is -2.07. The second-order valence-corrected chi connectivity index (χ2v) is 3.98. The standard InChI is InChI=1S/C9H10BrN3O3/c1-5-2-6(10)7(12-9(14)4-11)3-8(5)13(15)16/h2-3H,4,11H2,1H3,(H,12,14). The van der Waals surface area contributed by atoms with Crippen LogP contribution in [0.1, 0.15) is 5.56 Å². The summed E-state index contributed by atoms with van der Waals surface area (Å²) in [5, 5.41) is 13.2. The van der Waals surface area contributed by atoms with Crippen molar-refractivity contribution in [3.05, 3.63) is 32.3 Å². The summed E-state index contributed by atoms with van der Waals surface area (Å²) in [5.74, 6) is -0.404. The Morgan fingerprint density at radius 1 is 1.62 bits per heavy atom. The van der Waals surface area contributed by atoms with Crippen LogP contribution in [0.4, 0.5) is 11.4 Å². The van der Waals surface area contributed by atoms with Gasteiger partial charge in [0.1, 0.15) is 0 Å². The number of aryl methyl sites for hydroxylation is 1. The third-order valence-electron chi connectivity index (χ3n) is 1.94. The van der Waals surface area contributed by atoms with E-state index in [1.54, 1.807) is 13.0 Å². The van der Waals surface area contributed by atoms with Crippen molar-refractivity contribution < 1.29 is 9.72 Å². The van der Waals surface area contributed by atoms with Gasteiger partial charge in [0.15, 0.2) is 0 Å².